The Morgan fingerprint density at radius 3 is 2.59 bits per heavy atom. The molecule has 6 heteroatoms. The Labute approximate surface area is 171 Å². The smallest absolute Gasteiger partial charge is 0.407 e. The van der Waals surface area contributed by atoms with Gasteiger partial charge in [-0.05, 0) is 62.3 Å². The van der Waals surface area contributed by atoms with E-state index in [4.69, 9.17) is 9.47 Å². The summed E-state index contributed by atoms with van der Waals surface area (Å²) in [6.07, 6.45) is 3.62. The summed E-state index contributed by atoms with van der Waals surface area (Å²) in [6.45, 7) is 1.49. The zero-order chi connectivity index (χ0) is 20.6. The molecule has 0 saturated carbocycles. The predicted molar refractivity (Wildman–Crippen MR) is 116 cm³/mol. The van der Waals surface area contributed by atoms with Crippen molar-refractivity contribution >= 4 is 17.0 Å². The molecule has 1 fully saturated rings. The zero-order valence-corrected chi connectivity index (χ0v) is 17.3. The van der Waals surface area contributed by atoms with Crippen LogP contribution in [0.1, 0.15) is 11.1 Å². The number of hydrogen-bond acceptors (Lipinski definition) is 4. The average Bonchev–Trinajstić information content (AvgIpc) is 3.33. The van der Waals surface area contributed by atoms with Gasteiger partial charge in [-0.2, -0.15) is 0 Å². The van der Waals surface area contributed by atoms with Gasteiger partial charge in [0.15, 0.2) is 0 Å². The van der Waals surface area contributed by atoms with Crippen molar-refractivity contribution in [3.8, 4) is 5.75 Å². The van der Waals surface area contributed by atoms with Crippen LogP contribution in [0.5, 0.6) is 5.75 Å². The summed E-state index contributed by atoms with van der Waals surface area (Å²) in [4.78, 5) is 16.6. The van der Waals surface area contributed by atoms with Gasteiger partial charge in [0.05, 0.1) is 13.2 Å². The van der Waals surface area contributed by atoms with Crippen molar-refractivity contribution in [1.82, 2.24) is 15.2 Å². The fourth-order valence-electron chi connectivity index (χ4n) is 3.28. The molecule has 0 spiro atoms. The molecule has 0 aliphatic carbocycles. The summed E-state index contributed by atoms with van der Waals surface area (Å²) in [7, 11) is 5.83. The lowest BCUT2D eigenvalue weighted by Gasteiger charge is -2.09. The number of amides is 1. The predicted octanol–water partition coefficient (Wildman–Crippen LogP) is 3.62. The second-order valence-electron chi connectivity index (χ2n) is 7.41. The van der Waals surface area contributed by atoms with E-state index in [9.17, 15) is 4.79 Å². The molecule has 29 heavy (non-hydrogen) atoms. The van der Waals surface area contributed by atoms with E-state index in [0.29, 0.717) is 6.61 Å². The Morgan fingerprint density at radius 2 is 1.97 bits per heavy atom. The van der Waals surface area contributed by atoms with Gasteiger partial charge in [-0.25, -0.2) is 4.79 Å². The first-order chi connectivity index (χ1) is 14.0. The van der Waals surface area contributed by atoms with Crippen LogP contribution >= 0.6 is 0 Å². The van der Waals surface area contributed by atoms with Crippen molar-refractivity contribution in [3.05, 3.63) is 65.9 Å². The van der Waals surface area contributed by atoms with E-state index in [0.717, 1.165) is 25.1 Å². The molecule has 1 aromatic heterocycles. The van der Waals surface area contributed by atoms with Gasteiger partial charge in [-0.3, -0.25) is 0 Å². The van der Waals surface area contributed by atoms with Crippen LogP contribution < -0.4 is 10.1 Å². The first kappa shape index (κ1) is 20.7. The molecule has 154 valence electrons. The largest absolute Gasteiger partial charge is 0.497 e. The maximum Gasteiger partial charge on any atom is 0.407 e. The van der Waals surface area contributed by atoms with E-state index in [-0.39, 0.29) is 12.1 Å². The number of likely N-dealkylation sites (N-methyl/N-ethyl adjacent to an activating group) is 1. The van der Waals surface area contributed by atoms with Crippen molar-refractivity contribution in [3.63, 3.8) is 0 Å². The monoisotopic (exact) mass is 395 g/mol. The number of ether oxygens (including phenoxy) is 2. The van der Waals surface area contributed by atoms with Crippen LogP contribution in [0, 0.1) is 0 Å². The highest BCUT2D eigenvalue weighted by Gasteiger charge is 2.22. The highest BCUT2D eigenvalue weighted by atomic mass is 16.6. The Kier molecular flexibility index (Phi) is 7.14. The van der Waals surface area contributed by atoms with Crippen molar-refractivity contribution in [2.24, 2.45) is 0 Å². The third-order valence-corrected chi connectivity index (χ3v) is 4.86. The maximum atomic E-state index is 11.1. The number of carbonyl (C=O) groups excluding carboxylic acids is 1. The van der Waals surface area contributed by atoms with E-state index >= 15 is 0 Å². The number of benzene rings is 2. The van der Waals surface area contributed by atoms with Gasteiger partial charge in [0, 0.05) is 23.6 Å². The van der Waals surface area contributed by atoms with E-state index in [1.807, 2.05) is 30.3 Å². The molecule has 0 radical (unpaired) electrons. The number of cyclic esters (lactones) is 1. The van der Waals surface area contributed by atoms with Crippen LogP contribution in [-0.4, -0.2) is 56.4 Å². The first-order valence-corrected chi connectivity index (χ1v) is 9.81. The first-order valence-electron chi connectivity index (χ1n) is 9.81. The molecule has 2 aromatic carbocycles. The second kappa shape index (κ2) is 9.98. The number of aromatic nitrogens is 1. The molecule has 2 heterocycles. The SMILES string of the molecule is CN(C)CCc1c[nH]c2ccc(C[C@H]3COC(=O)N3)cc12.COc1ccccc1. The average molecular weight is 396 g/mol. The van der Waals surface area contributed by atoms with Gasteiger partial charge in [-0.15, -0.1) is 0 Å². The van der Waals surface area contributed by atoms with Gasteiger partial charge in [-0.1, -0.05) is 24.3 Å². The fraction of sp³-hybridized carbons (Fsp3) is 0.348. The van der Waals surface area contributed by atoms with Crippen molar-refractivity contribution in [2.45, 2.75) is 18.9 Å². The summed E-state index contributed by atoms with van der Waals surface area (Å²) in [6, 6.07) is 16.2. The minimum Gasteiger partial charge on any atom is -0.497 e. The lowest BCUT2D eigenvalue weighted by atomic mass is 10.0. The Balaban J connectivity index is 0.000000252. The molecule has 1 aliphatic heterocycles. The van der Waals surface area contributed by atoms with E-state index < -0.39 is 0 Å². The summed E-state index contributed by atoms with van der Waals surface area (Å²) in [5.74, 6) is 0.910. The highest BCUT2D eigenvalue weighted by molar-refractivity contribution is 5.84. The number of nitrogens with one attached hydrogen (secondary N) is 2. The third kappa shape index (κ3) is 5.99. The number of fused-ring (bicyclic) bond motifs is 1. The molecule has 2 N–H and O–H groups in total. The van der Waals surface area contributed by atoms with Crippen LogP contribution in [0.25, 0.3) is 10.9 Å². The molecule has 1 saturated heterocycles. The minimum absolute atomic E-state index is 0.0825. The Hall–Kier alpha value is -2.99. The highest BCUT2D eigenvalue weighted by Crippen LogP contribution is 2.21. The van der Waals surface area contributed by atoms with Crippen molar-refractivity contribution in [1.29, 1.82) is 0 Å². The van der Waals surface area contributed by atoms with Gasteiger partial charge in [0.1, 0.15) is 12.4 Å². The topological polar surface area (TPSA) is 66.6 Å². The lowest BCUT2D eigenvalue weighted by Crippen LogP contribution is -2.28. The van der Waals surface area contributed by atoms with Gasteiger partial charge in [0.2, 0.25) is 0 Å². The molecular weight excluding hydrogens is 366 g/mol. The Morgan fingerprint density at radius 1 is 1.17 bits per heavy atom. The van der Waals surface area contributed by atoms with Crippen molar-refractivity contribution in [2.75, 3.05) is 34.4 Å². The summed E-state index contributed by atoms with van der Waals surface area (Å²) >= 11 is 0. The van der Waals surface area contributed by atoms with Gasteiger partial charge < -0.3 is 24.7 Å². The number of para-hydroxylation sites is 1. The number of H-pyrrole nitrogens is 1. The van der Waals surface area contributed by atoms with Crippen LogP contribution in [0.15, 0.2) is 54.7 Å². The second-order valence-corrected chi connectivity index (χ2v) is 7.41. The molecule has 3 aromatic rings. The van der Waals surface area contributed by atoms with Crippen LogP contribution in [0.4, 0.5) is 4.79 Å². The number of hydrogen-bond donors (Lipinski definition) is 2. The van der Waals surface area contributed by atoms with Crippen LogP contribution in [0.3, 0.4) is 0 Å². The lowest BCUT2D eigenvalue weighted by molar-refractivity contribution is 0.177. The molecule has 0 bridgehead atoms. The molecular formula is C23H29N3O3. The van der Waals surface area contributed by atoms with Crippen molar-refractivity contribution < 1.29 is 14.3 Å². The summed E-state index contributed by atoms with van der Waals surface area (Å²) in [5.41, 5.74) is 3.73. The van der Waals surface area contributed by atoms with E-state index in [2.05, 4.69) is 53.7 Å². The molecule has 4 rings (SSSR count). The standard InChI is InChI=1S/C16H21N3O2.C7H8O/c1-19(2)6-5-12-9-17-15-4-3-11(8-14(12)15)7-13-10-21-16(20)18-13;1-8-7-5-3-2-4-6-7/h3-4,8-9,13,17H,5-7,10H2,1-2H3,(H,18,20);2-6H,1H3/t13-;/m0./s1. The molecule has 0 unspecified atom stereocenters. The van der Waals surface area contributed by atoms with Gasteiger partial charge in [0.25, 0.3) is 0 Å². The number of alkyl carbamates (subject to hydrolysis) is 1. The number of methoxy groups -OCH3 is 1. The Bertz CT molecular complexity index is 922. The fourth-order valence-corrected chi connectivity index (χ4v) is 3.28. The number of nitrogens with zero attached hydrogens (tertiary/aromatic N) is 1. The molecule has 1 atom stereocenters. The zero-order valence-electron chi connectivity index (χ0n) is 17.3. The minimum atomic E-state index is -0.311. The molecule has 1 aliphatic rings. The van der Waals surface area contributed by atoms with E-state index in [1.165, 1.54) is 22.0 Å². The number of aromatic amines is 1. The molecule has 6 nitrogen and oxygen atoms in total. The van der Waals surface area contributed by atoms with E-state index in [1.54, 1.807) is 7.11 Å². The number of carbonyl (C=O) groups is 1. The third-order valence-electron chi connectivity index (χ3n) is 4.86. The van der Waals surface area contributed by atoms with Gasteiger partial charge >= 0.3 is 6.09 Å². The summed E-state index contributed by atoms with van der Waals surface area (Å²) in [5, 5.41) is 4.10. The normalized spacial score (nSPS) is 15.6. The maximum absolute atomic E-state index is 11.1. The summed E-state index contributed by atoms with van der Waals surface area (Å²) < 4.78 is 9.85. The number of rotatable bonds is 6. The quantitative estimate of drug-likeness (QED) is 0.669. The van der Waals surface area contributed by atoms with Crippen LogP contribution in [0.2, 0.25) is 0 Å². The molecule has 1 amide bonds. The van der Waals surface area contributed by atoms with Crippen LogP contribution in [-0.2, 0) is 17.6 Å².